The molecule has 4 rings (SSSR count). The lowest BCUT2D eigenvalue weighted by atomic mass is 9.79. The highest BCUT2D eigenvalue weighted by molar-refractivity contribution is 7.99. The van der Waals surface area contributed by atoms with E-state index in [2.05, 4.69) is 23.2 Å². The van der Waals surface area contributed by atoms with Crippen molar-refractivity contribution >= 4 is 28.4 Å². The first-order valence-electron chi connectivity index (χ1n) is 6.91. The van der Waals surface area contributed by atoms with Gasteiger partial charge in [-0.3, -0.25) is 5.10 Å². The number of imidazole rings is 1. The normalized spacial score (nSPS) is 18.9. The van der Waals surface area contributed by atoms with Gasteiger partial charge in [-0.25, -0.2) is 13.9 Å². The van der Waals surface area contributed by atoms with Gasteiger partial charge in [0.05, 0.1) is 11.0 Å². The monoisotopic (exact) mass is 289 g/mol. The SMILES string of the molecule is CC1(c2c[nH]n3c2nc2cc(F)ccc23)CCSCC1. The average Bonchev–Trinajstić information content (AvgIpc) is 2.97. The fourth-order valence-corrected chi connectivity index (χ4v) is 4.49. The number of rotatable bonds is 1. The first-order chi connectivity index (χ1) is 9.67. The molecule has 0 unspecified atom stereocenters. The van der Waals surface area contributed by atoms with Crippen LogP contribution in [0.2, 0.25) is 0 Å². The number of nitrogens with one attached hydrogen (secondary N) is 1. The van der Waals surface area contributed by atoms with E-state index in [0.717, 1.165) is 11.2 Å². The zero-order valence-electron chi connectivity index (χ0n) is 11.3. The number of thioether (sulfide) groups is 1. The van der Waals surface area contributed by atoms with E-state index < -0.39 is 0 Å². The maximum atomic E-state index is 13.3. The van der Waals surface area contributed by atoms with E-state index in [1.165, 1.54) is 42.0 Å². The average molecular weight is 289 g/mol. The third-order valence-corrected chi connectivity index (χ3v) is 5.43. The van der Waals surface area contributed by atoms with Crippen LogP contribution in [0.1, 0.15) is 25.3 Å². The van der Waals surface area contributed by atoms with E-state index in [1.54, 1.807) is 6.07 Å². The minimum atomic E-state index is -0.236. The third kappa shape index (κ3) is 1.69. The topological polar surface area (TPSA) is 33.1 Å². The molecule has 1 aliphatic heterocycles. The second-order valence-corrected chi connectivity index (χ2v) is 6.99. The highest BCUT2D eigenvalue weighted by Gasteiger charge is 2.32. The van der Waals surface area contributed by atoms with Crippen LogP contribution in [-0.2, 0) is 5.41 Å². The van der Waals surface area contributed by atoms with Crippen LogP contribution < -0.4 is 0 Å². The highest BCUT2D eigenvalue weighted by atomic mass is 32.2. The largest absolute Gasteiger partial charge is 0.299 e. The van der Waals surface area contributed by atoms with E-state index in [4.69, 9.17) is 0 Å². The molecule has 3 nitrogen and oxygen atoms in total. The second kappa shape index (κ2) is 4.25. The summed E-state index contributed by atoms with van der Waals surface area (Å²) in [7, 11) is 0. The van der Waals surface area contributed by atoms with Gasteiger partial charge in [-0.15, -0.1) is 0 Å². The Bertz CT molecular complexity index is 783. The van der Waals surface area contributed by atoms with E-state index in [0.29, 0.717) is 5.52 Å². The van der Waals surface area contributed by atoms with Crippen molar-refractivity contribution in [2.75, 3.05) is 11.5 Å². The molecular formula is C15H16FN3S. The molecule has 1 aromatic carbocycles. The summed E-state index contributed by atoms with van der Waals surface area (Å²) < 4.78 is 15.3. The molecule has 0 radical (unpaired) electrons. The fourth-order valence-electron chi connectivity index (χ4n) is 3.09. The molecule has 0 bridgehead atoms. The molecule has 3 heterocycles. The molecule has 0 atom stereocenters. The highest BCUT2D eigenvalue weighted by Crippen LogP contribution is 2.39. The maximum absolute atomic E-state index is 13.3. The summed E-state index contributed by atoms with van der Waals surface area (Å²) in [6.45, 7) is 2.32. The number of aromatic nitrogens is 3. The predicted octanol–water partition coefficient (Wildman–Crippen LogP) is 3.74. The van der Waals surface area contributed by atoms with Crippen LogP contribution in [0.5, 0.6) is 0 Å². The second-order valence-electron chi connectivity index (χ2n) is 5.76. The quantitative estimate of drug-likeness (QED) is 0.740. The number of nitrogens with zero attached hydrogens (tertiary/aromatic N) is 2. The summed E-state index contributed by atoms with van der Waals surface area (Å²) >= 11 is 2.02. The molecule has 2 aromatic heterocycles. The van der Waals surface area contributed by atoms with Gasteiger partial charge >= 0.3 is 0 Å². The smallest absolute Gasteiger partial charge is 0.157 e. The minimum Gasteiger partial charge on any atom is -0.299 e. The van der Waals surface area contributed by atoms with Crippen molar-refractivity contribution in [2.24, 2.45) is 0 Å². The van der Waals surface area contributed by atoms with Crippen LogP contribution >= 0.6 is 11.8 Å². The summed E-state index contributed by atoms with van der Waals surface area (Å²) in [5, 5.41) is 3.28. The molecule has 104 valence electrons. The molecule has 1 N–H and O–H groups in total. The summed E-state index contributed by atoms with van der Waals surface area (Å²) in [6.07, 6.45) is 4.41. The number of H-pyrrole nitrogens is 1. The van der Waals surface area contributed by atoms with Gasteiger partial charge in [0.2, 0.25) is 0 Å². The maximum Gasteiger partial charge on any atom is 0.157 e. The summed E-state index contributed by atoms with van der Waals surface area (Å²) in [5.74, 6) is 2.16. The number of hydrogen-bond acceptors (Lipinski definition) is 2. The Morgan fingerprint density at radius 1 is 1.35 bits per heavy atom. The van der Waals surface area contributed by atoms with Gasteiger partial charge in [0.15, 0.2) is 5.65 Å². The zero-order valence-corrected chi connectivity index (χ0v) is 12.1. The van der Waals surface area contributed by atoms with Crippen LogP contribution in [0, 0.1) is 5.82 Å². The van der Waals surface area contributed by atoms with Gasteiger partial charge in [0, 0.05) is 17.8 Å². The Hall–Kier alpha value is -1.49. The van der Waals surface area contributed by atoms with Crippen molar-refractivity contribution in [3.63, 3.8) is 0 Å². The van der Waals surface area contributed by atoms with E-state index in [9.17, 15) is 4.39 Å². The predicted molar refractivity (Wildman–Crippen MR) is 80.9 cm³/mol. The molecular weight excluding hydrogens is 273 g/mol. The number of halogens is 1. The summed E-state index contributed by atoms with van der Waals surface area (Å²) in [5.41, 5.74) is 4.02. The van der Waals surface area contributed by atoms with E-state index in [-0.39, 0.29) is 11.2 Å². The van der Waals surface area contributed by atoms with Crippen molar-refractivity contribution in [2.45, 2.75) is 25.2 Å². The molecule has 1 aliphatic rings. The van der Waals surface area contributed by atoms with Crippen LogP contribution in [0.3, 0.4) is 0 Å². The Morgan fingerprint density at radius 3 is 2.95 bits per heavy atom. The Morgan fingerprint density at radius 2 is 2.15 bits per heavy atom. The van der Waals surface area contributed by atoms with Crippen molar-refractivity contribution in [1.82, 2.24) is 14.6 Å². The first-order valence-corrected chi connectivity index (χ1v) is 8.06. The standard InChI is InChI=1S/C15H16FN3S/c1-15(4-6-20-7-5-15)11-9-17-19-13-3-2-10(16)8-12(13)18-14(11)19/h2-3,8-9,17H,4-7H2,1H3. The molecule has 0 spiro atoms. The number of aromatic amines is 1. The number of hydrogen-bond donors (Lipinski definition) is 1. The molecule has 3 aromatic rings. The molecule has 20 heavy (non-hydrogen) atoms. The van der Waals surface area contributed by atoms with Crippen LogP contribution in [0.4, 0.5) is 4.39 Å². The van der Waals surface area contributed by atoms with Crippen LogP contribution in [-0.4, -0.2) is 26.1 Å². The first kappa shape index (κ1) is 12.3. The minimum absolute atomic E-state index is 0.173. The van der Waals surface area contributed by atoms with Gasteiger partial charge < -0.3 is 0 Å². The molecule has 0 amide bonds. The van der Waals surface area contributed by atoms with Crippen molar-refractivity contribution in [3.8, 4) is 0 Å². The third-order valence-electron chi connectivity index (χ3n) is 4.44. The van der Waals surface area contributed by atoms with Gasteiger partial charge in [-0.05, 0) is 41.9 Å². The van der Waals surface area contributed by atoms with Gasteiger partial charge in [0.1, 0.15) is 5.82 Å². The summed E-state index contributed by atoms with van der Waals surface area (Å²) in [4.78, 5) is 4.64. The zero-order chi connectivity index (χ0) is 13.7. The molecule has 1 fully saturated rings. The van der Waals surface area contributed by atoms with Gasteiger partial charge in [-0.2, -0.15) is 11.8 Å². The van der Waals surface area contributed by atoms with E-state index >= 15 is 0 Å². The lowest BCUT2D eigenvalue weighted by molar-refractivity contribution is 0.439. The Kier molecular flexibility index (Phi) is 2.61. The van der Waals surface area contributed by atoms with Gasteiger partial charge in [-0.1, -0.05) is 6.92 Å². The van der Waals surface area contributed by atoms with E-state index in [1.807, 2.05) is 16.3 Å². The number of benzene rings is 1. The van der Waals surface area contributed by atoms with Crippen molar-refractivity contribution in [1.29, 1.82) is 0 Å². The lowest BCUT2D eigenvalue weighted by Gasteiger charge is -2.32. The fraction of sp³-hybridized carbons (Fsp3) is 0.400. The lowest BCUT2D eigenvalue weighted by Crippen LogP contribution is -2.27. The molecule has 0 saturated carbocycles. The van der Waals surface area contributed by atoms with Crippen molar-refractivity contribution < 1.29 is 4.39 Å². The van der Waals surface area contributed by atoms with Crippen LogP contribution in [0.15, 0.2) is 24.4 Å². The Labute approximate surface area is 120 Å². The molecule has 0 aliphatic carbocycles. The van der Waals surface area contributed by atoms with Crippen LogP contribution in [0.25, 0.3) is 16.7 Å². The Balaban J connectivity index is 1.94. The van der Waals surface area contributed by atoms with Gasteiger partial charge in [0.25, 0.3) is 0 Å². The van der Waals surface area contributed by atoms with Crippen molar-refractivity contribution in [3.05, 3.63) is 35.8 Å². The number of fused-ring (bicyclic) bond motifs is 3. The molecule has 1 saturated heterocycles. The molecule has 5 heteroatoms. The summed E-state index contributed by atoms with van der Waals surface area (Å²) in [6, 6.07) is 4.76.